The minimum atomic E-state index is -0.480. The van der Waals surface area contributed by atoms with Crippen LogP contribution in [0.4, 0.5) is 0 Å². The maximum absolute atomic E-state index is 12.6. The van der Waals surface area contributed by atoms with Crippen LogP contribution < -0.4 is 5.32 Å². The van der Waals surface area contributed by atoms with Gasteiger partial charge >= 0.3 is 0 Å². The average molecular weight is 392 g/mol. The molecule has 1 heterocycles. The molecule has 0 aromatic heterocycles. The number of carbonyl (C=O) groups is 1. The first kappa shape index (κ1) is 18.9. The van der Waals surface area contributed by atoms with E-state index in [4.69, 9.17) is 0 Å². The van der Waals surface area contributed by atoms with E-state index in [1.807, 2.05) is 0 Å². The van der Waals surface area contributed by atoms with Crippen LogP contribution in [0.1, 0.15) is 78.1 Å². The molecule has 4 heteroatoms. The van der Waals surface area contributed by atoms with E-state index in [-0.39, 0.29) is 10.8 Å². The fourth-order valence-electron chi connectivity index (χ4n) is 8.11. The molecule has 4 aliphatic carbocycles. The molecule has 27 heavy (non-hydrogen) atoms. The number of rotatable bonds is 2. The third-order valence-electron chi connectivity index (χ3n) is 9.87. The second kappa shape index (κ2) is 6.47. The first-order chi connectivity index (χ1) is 12.9. The van der Waals surface area contributed by atoms with Crippen LogP contribution in [-0.4, -0.2) is 40.1 Å². The van der Waals surface area contributed by atoms with Gasteiger partial charge in [-0.1, -0.05) is 13.8 Å². The van der Waals surface area contributed by atoms with Crippen molar-refractivity contribution in [2.75, 3.05) is 13.1 Å². The lowest BCUT2D eigenvalue weighted by molar-refractivity contribution is -0.200. The minimum absolute atomic E-state index is 0.0461. The Kier molecular flexibility index (Phi) is 4.54. The van der Waals surface area contributed by atoms with Crippen LogP contribution in [0.3, 0.4) is 0 Å². The monoisotopic (exact) mass is 391 g/mol. The number of hydrogen-bond acceptors (Lipinski definition) is 4. The zero-order valence-electron chi connectivity index (χ0n) is 17.1. The average Bonchev–Trinajstić information content (AvgIpc) is 3.24. The molecule has 0 radical (unpaired) electrons. The van der Waals surface area contributed by atoms with Crippen molar-refractivity contribution in [1.29, 1.82) is 0 Å². The van der Waals surface area contributed by atoms with Gasteiger partial charge in [-0.25, -0.2) is 0 Å². The molecule has 5 fully saturated rings. The Morgan fingerprint density at radius 1 is 1.00 bits per heavy atom. The zero-order valence-corrected chi connectivity index (χ0v) is 18.0. The lowest BCUT2D eigenvalue weighted by Crippen LogP contribution is -2.62. The van der Waals surface area contributed by atoms with Gasteiger partial charge in [0.25, 0.3) is 0 Å². The molecule has 5 aliphatic rings. The van der Waals surface area contributed by atoms with Gasteiger partial charge in [0.15, 0.2) is 0 Å². The highest BCUT2D eigenvalue weighted by molar-refractivity contribution is 8.00. The van der Waals surface area contributed by atoms with Gasteiger partial charge in [0.2, 0.25) is 0 Å². The van der Waals surface area contributed by atoms with E-state index in [2.05, 4.69) is 30.9 Å². The Morgan fingerprint density at radius 2 is 1.85 bits per heavy atom. The number of aliphatic hydroxyl groups is 1. The summed E-state index contributed by atoms with van der Waals surface area (Å²) in [6.45, 7) is 6.99. The molecule has 0 aromatic rings. The predicted octanol–water partition coefficient (Wildman–Crippen LogP) is 4.18. The molecule has 0 bridgehead atoms. The van der Waals surface area contributed by atoms with E-state index in [9.17, 15) is 9.90 Å². The van der Waals surface area contributed by atoms with Crippen LogP contribution in [-0.2, 0) is 4.79 Å². The van der Waals surface area contributed by atoms with Crippen molar-refractivity contribution in [2.45, 2.75) is 94.2 Å². The normalized spacial score (nSPS) is 55.1. The molecule has 2 N–H and O–H groups in total. The van der Waals surface area contributed by atoms with Gasteiger partial charge in [-0.3, -0.25) is 4.79 Å². The van der Waals surface area contributed by atoms with Gasteiger partial charge in [-0.15, -0.1) is 0 Å². The Balaban J connectivity index is 1.35. The lowest BCUT2D eigenvalue weighted by atomic mass is 9.44. The van der Waals surface area contributed by atoms with E-state index in [0.717, 1.165) is 63.3 Å². The van der Waals surface area contributed by atoms with Gasteiger partial charge in [0, 0.05) is 28.9 Å². The van der Waals surface area contributed by atoms with Crippen molar-refractivity contribution in [2.24, 2.45) is 28.6 Å². The highest BCUT2D eigenvalue weighted by atomic mass is 32.2. The first-order valence-corrected chi connectivity index (χ1v) is 12.4. The summed E-state index contributed by atoms with van der Waals surface area (Å²) in [4.78, 5) is 12.6. The Morgan fingerprint density at radius 3 is 2.63 bits per heavy atom. The molecule has 2 unspecified atom stereocenters. The van der Waals surface area contributed by atoms with Crippen LogP contribution in [0.25, 0.3) is 0 Å². The van der Waals surface area contributed by atoms with Gasteiger partial charge in [-0.2, -0.15) is 11.8 Å². The van der Waals surface area contributed by atoms with Crippen molar-refractivity contribution in [1.82, 2.24) is 5.32 Å². The number of nitrogens with one attached hydrogen (secondary N) is 1. The molecule has 4 saturated carbocycles. The summed E-state index contributed by atoms with van der Waals surface area (Å²) in [5, 5.41) is 16.8. The van der Waals surface area contributed by atoms with Crippen LogP contribution in [0.2, 0.25) is 0 Å². The molecule has 5 rings (SSSR count). The summed E-state index contributed by atoms with van der Waals surface area (Å²) in [5.41, 5.74) is -0.462. The van der Waals surface area contributed by atoms with E-state index >= 15 is 0 Å². The second-order valence-corrected chi connectivity index (χ2v) is 12.5. The molecule has 0 amide bonds. The SMILES string of the molecule is C[C@]12CC[C@@H]3[C@@H](CCC4(O)CC(S[C@@H]5CCNC5)CC[C@]34C)[C@@H]1CCC2=O. The third kappa shape index (κ3) is 2.72. The van der Waals surface area contributed by atoms with E-state index in [1.54, 1.807) is 0 Å². The second-order valence-electron chi connectivity index (χ2n) is 10.9. The molecule has 0 spiro atoms. The van der Waals surface area contributed by atoms with Crippen molar-refractivity contribution < 1.29 is 9.90 Å². The van der Waals surface area contributed by atoms with Gasteiger partial charge < -0.3 is 10.4 Å². The Bertz CT molecular complexity index is 619. The highest BCUT2D eigenvalue weighted by Gasteiger charge is 2.64. The number of Topliss-reactive ketones (excluding diaryl/α,β-unsaturated/α-hetero) is 1. The summed E-state index contributed by atoms with van der Waals surface area (Å²) in [6.07, 6.45) is 11.0. The molecule has 0 aromatic carbocycles. The van der Waals surface area contributed by atoms with Crippen molar-refractivity contribution >= 4 is 17.5 Å². The summed E-state index contributed by atoms with van der Waals surface area (Å²) >= 11 is 2.16. The Labute approximate surface area is 168 Å². The number of carbonyl (C=O) groups excluding carboxylic acids is 1. The van der Waals surface area contributed by atoms with Gasteiger partial charge in [0.05, 0.1) is 5.60 Å². The fourth-order valence-corrected chi connectivity index (χ4v) is 9.75. The maximum Gasteiger partial charge on any atom is 0.139 e. The molecule has 152 valence electrons. The maximum atomic E-state index is 12.6. The van der Waals surface area contributed by atoms with Crippen molar-refractivity contribution in [3.8, 4) is 0 Å². The molecule has 1 aliphatic heterocycles. The van der Waals surface area contributed by atoms with Gasteiger partial charge in [0.1, 0.15) is 5.78 Å². The molecular weight excluding hydrogens is 354 g/mol. The first-order valence-electron chi connectivity index (χ1n) is 11.5. The zero-order chi connectivity index (χ0) is 18.9. The number of thioether (sulfide) groups is 1. The molecular formula is C23H37NO2S. The van der Waals surface area contributed by atoms with Crippen molar-refractivity contribution in [3.63, 3.8) is 0 Å². The lowest BCUT2D eigenvalue weighted by Gasteiger charge is -2.63. The minimum Gasteiger partial charge on any atom is -0.389 e. The smallest absolute Gasteiger partial charge is 0.139 e. The number of fused-ring (bicyclic) bond motifs is 5. The van der Waals surface area contributed by atoms with Crippen molar-refractivity contribution in [3.05, 3.63) is 0 Å². The third-order valence-corrected chi connectivity index (χ3v) is 11.4. The van der Waals surface area contributed by atoms with Crippen LogP contribution in [0.15, 0.2) is 0 Å². The molecule has 1 saturated heterocycles. The van der Waals surface area contributed by atoms with E-state index in [0.29, 0.717) is 28.8 Å². The highest BCUT2D eigenvalue weighted by Crippen LogP contribution is 2.67. The van der Waals surface area contributed by atoms with Gasteiger partial charge in [-0.05, 0) is 87.5 Å². The van der Waals surface area contributed by atoms with Crippen LogP contribution in [0, 0.1) is 28.6 Å². The molecule has 3 nitrogen and oxygen atoms in total. The number of ketones is 1. The standard InChI is InChI=1S/C23H37NO2S/c1-21-9-7-19-17(18(21)3-4-20(21)25)6-11-23(26)13-15(5-10-22(19,23)2)27-16-8-12-24-14-16/h15-19,24,26H,3-14H2,1-2H3/t15?,16-,17+,18+,19-,21+,22-,23?/m1/s1. The summed E-state index contributed by atoms with van der Waals surface area (Å²) in [7, 11) is 0. The summed E-state index contributed by atoms with van der Waals surface area (Å²) in [6, 6.07) is 0. The molecule has 8 atom stereocenters. The van der Waals surface area contributed by atoms with Crippen LogP contribution >= 0.6 is 11.8 Å². The number of hydrogen-bond donors (Lipinski definition) is 2. The topological polar surface area (TPSA) is 49.3 Å². The van der Waals surface area contributed by atoms with E-state index < -0.39 is 5.60 Å². The van der Waals surface area contributed by atoms with Crippen LogP contribution in [0.5, 0.6) is 0 Å². The largest absolute Gasteiger partial charge is 0.389 e. The van der Waals surface area contributed by atoms with E-state index in [1.165, 1.54) is 19.3 Å². The fraction of sp³-hybridized carbons (Fsp3) is 0.957. The Hall–Kier alpha value is -0.0600. The summed E-state index contributed by atoms with van der Waals surface area (Å²) in [5.74, 6) is 2.41. The predicted molar refractivity (Wildman–Crippen MR) is 111 cm³/mol. The quantitative estimate of drug-likeness (QED) is 0.741. The summed E-state index contributed by atoms with van der Waals surface area (Å²) < 4.78 is 0.